The monoisotopic (exact) mass is 378 g/mol. The van der Waals surface area contributed by atoms with Crippen LogP contribution in [-0.4, -0.2) is 41.1 Å². The Morgan fingerprint density at radius 3 is 2.93 bits per heavy atom. The van der Waals surface area contributed by atoms with E-state index in [0.717, 1.165) is 23.8 Å². The Bertz CT molecular complexity index is 1060. The number of amides is 1. The second-order valence-electron chi connectivity index (χ2n) is 6.89. The maximum absolute atomic E-state index is 14.7. The van der Waals surface area contributed by atoms with E-state index < -0.39 is 23.4 Å². The number of para-hydroxylation sites is 1. The summed E-state index contributed by atoms with van der Waals surface area (Å²) in [6.45, 7) is 2.18. The first-order valence-electron chi connectivity index (χ1n) is 9.17. The zero-order valence-corrected chi connectivity index (χ0v) is 15.1. The molecule has 0 saturated carbocycles. The van der Waals surface area contributed by atoms with Crippen molar-refractivity contribution in [1.29, 1.82) is 5.26 Å². The summed E-state index contributed by atoms with van der Waals surface area (Å²) in [5, 5.41) is 15.5. The van der Waals surface area contributed by atoms with Crippen LogP contribution >= 0.6 is 0 Å². The average molecular weight is 378 g/mol. The molecular weight excluding hydrogens is 359 g/mol. The van der Waals surface area contributed by atoms with E-state index in [4.69, 9.17) is 5.26 Å². The van der Waals surface area contributed by atoms with Crippen LogP contribution in [0.2, 0.25) is 0 Å². The number of Topliss-reactive ketones (excluding diaryl/α,β-unsaturated/α-hetero) is 1. The van der Waals surface area contributed by atoms with E-state index in [1.807, 2.05) is 24.3 Å². The number of halogens is 1. The van der Waals surface area contributed by atoms with Gasteiger partial charge in [-0.3, -0.25) is 9.59 Å². The molecule has 2 atom stereocenters. The van der Waals surface area contributed by atoms with Gasteiger partial charge >= 0.3 is 0 Å². The molecule has 1 aromatic heterocycles. The van der Waals surface area contributed by atoms with Gasteiger partial charge in [0.1, 0.15) is 6.07 Å². The van der Waals surface area contributed by atoms with Gasteiger partial charge in [0, 0.05) is 42.7 Å². The van der Waals surface area contributed by atoms with Crippen molar-refractivity contribution < 1.29 is 14.0 Å². The molecule has 2 aliphatic rings. The van der Waals surface area contributed by atoms with Gasteiger partial charge < -0.3 is 15.2 Å². The topological polar surface area (TPSA) is 86.9 Å². The molecule has 1 aliphatic heterocycles. The van der Waals surface area contributed by atoms with Crippen LogP contribution in [0.5, 0.6) is 0 Å². The third-order valence-electron chi connectivity index (χ3n) is 5.23. The molecule has 28 heavy (non-hydrogen) atoms. The van der Waals surface area contributed by atoms with E-state index in [2.05, 4.69) is 15.2 Å². The summed E-state index contributed by atoms with van der Waals surface area (Å²) in [5.41, 5.74) is -0.325. The summed E-state index contributed by atoms with van der Waals surface area (Å²) in [4.78, 5) is 25.8. The number of alkyl halides is 1. The van der Waals surface area contributed by atoms with Gasteiger partial charge in [0.25, 0.3) is 11.7 Å². The zero-order chi connectivity index (χ0) is 19.7. The van der Waals surface area contributed by atoms with E-state index in [-0.39, 0.29) is 0 Å². The Labute approximate surface area is 161 Å². The van der Waals surface area contributed by atoms with E-state index in [0.29, 0.717) is 30.5 Å². The van der Waals surface area contributed by atoms with Crippen LogP contribution in [0, 0.1) is 11.3 Å². The molecule has 1 amide bonds. The molecule has 2 N–H and O–H groups in total. The molecule has 2 heterocycles. The second kappa shape index (κ2) is 7.06. The quantitative estimate of drug-likeness (QED) is 0.630. The van der Waals surface area contributed by atoms with Crippen LogP contribution in [0.4, 0.5) is 4.39 Å². The van der Waals surface area contributed by atoms with Crippen LogP contribution in [0.15, 0.2) is 48.6 Å². The molecule has 0 fully saturated rings. The van der Waals surface area contributed by atoms with Crippen molar-refractivity contribution in [3.63, 3.8) is 0 Å². The highest BCUT2D eigenvalue weighted by Crippen LogP contribution is 2.28. The Balaban J connectivity index is 1.71. The number of nitriles is 1. The molecule has 4 rings (SSSR count). The Morgan fingerprint density at radius 2 is 2.11 bits per heavy atom. The van der Waals surface area contributed by atoms with Gasteiger partial charge in [-0.15, -0.1) is 0 Å². The SMILES string of the molecule is N#CC1(F)C=CC=CC1NC(=O)C(=O)c1c2n(c3ccccc13)CCNCC2. The molecule has 2 aromatic rings. The first-order valence-corrected chi connectivity index (χ1v) is 9.17. The molecular formula is C21H19FN4O2. The number of aromatic nitrogens is 1. The summed E-state index contributed by atoms with van der Waals surface area (Å²) in [5.74, 6) is -1.63. The van der Waals surface area contributed by atoms with Gasteiger partial charge in [0.05, 0.1) is 11.6 Å². The molecule has 142 valence electrons. The number of hydrogen-bond acceptors (Lipinski definition) is 4. The summed E-state index contributed by atoms with van der Waals surface area (Å²) in [6.07, 6.45) is 6.00. The lowest BCUT2D eigenvalue weighted by molar-refractivity contribution is -0.117. The fraction of sp³-hybridized carbons (Fsp3) is 0.286. The second-order valence-corrected chi connectivity index (χ2v) is 6.89. The number of allylic oxidation sites excluding steroid dienone is 2. The number of benzene rings is 1. The van der Waals surface area contributed by atoms with Crippen molar-refractivity contribution in [3.8, 4) is 6.07 Å². The van der Waals surface area contributed by atoms with Gasteiger partial charge in [-0.1, -0.05) is 36.4 Å². The summed E-state index contributed by atoms with van der Waals surface area (Å²) in [6, 6.07) is 7.81. The summed E-state index contributed by atoms with van der Waals surface area (Å²) >= 11 is 0. The van der Waals surface area contributed by atoms with Crippen molar-refractivity contribution in [2.75, 3.05) is 13.1 Å². The smallest absolute Gasteiger partial charge is 0.293 e. The van der Waals surface area contributed by atoms with Crippen molar-refractivity contribution >= 4 is 22.6 Å². The highest BCUT2D eigenvalue weighted by atomic mass is 19.1. The molecule has 0 saturated heterocycles. The number of carbonyl (C=O) groups is 2. The van der Waals surface area contributed by atoms with E-state index in [9.17, 15) is 14.0 Å². The maximum Gasteiger partial charge on any atom is 0.293 e. The lowest BCUT2D eigenvalue weighted by atomic mass is 9.92. The molecule has 1 aliphatic carbocycles. The van der Waals surface area contributed by atoms with Crippen molar-refractivity contribution in [2.45, 2.75) is 24.7 Å². The highest BCUT2D eigenvalue weighted by molar-refractivity contribution is 6.45. The fourth-order valence-electron chi connectivity index (χ4n) is 3.84. The Hall–Kier alpha value is -3.24. The lowest BCUT2D eigenvalue weighted by Gasteiger charge is -2.25. The number of nitrogens with one attached hydrogen (secondary N) is 2. The molecule has 1 aromatic carbocycles. The van der Waals surface area contributed by atoms with Gasteiger partial charge in [-0.05, 0) is 12.1 Å². The Morgan fingerprint density at radius 1 is 1.29 bits per heavy atom. The van der Waals surface area contributed by atoms with Crippen molar-refractivity contribution in [1.82, 2.24) is 15.2 Å². The average Bonchev–Trinajstić information content (AvgIpc) is 2.85. The van der Waals surface area contributed by atoms with E-state index >= 15 is 0 Å². The van der Waals surface area contributed by atoms with Crippen molar-refractivity contribution in [3.05, 3.63) is 59.8 Å². The van der Waals surface area contributed by atoms with Crippen LogP contribution in [0.1, 0.15) is 16.1 Å². The van der Waals surface area contributed by atoms with E-state index in [1.165, 1.54) is 18.2 Å². The third kappa shape index (κ3) is 2.92. The molecule has 2 unspecified atom stereocenters. The standard InChI is InChI=1S/C21H19FN4O2/c22-21(13-23)9-4-3-7-17(21)25-20(28)19(27)18-14-5-1-2-6-15(14)26-12-11-24-10-8-16(18)26/h1-7,9,17,24H,8,10-12H2,(H,25,28). The van der Waals surface area contributed by atoms with Gasteiger partial charge in [-0.2, -0.15) is 5.26 Å². The number of nitrogens with zero attached hydrogens (tertiary/aromatic N) is 2. The number of hydrogen-bond donors (Lipinski definition) is 2. The third-order valence-corrected chi connectivity index (χ3v) is 5.23. The molecule has 0 radical (unpaired) electrons. The predicted octanol–water partition coefficient (Wildman–Crippen LogP) is 1.81. The summed E-state index contributed by atoms with van der Waals surface area (Å²) < 4.78 is 16.7. The molecule has 6 nitrogen and oxygen atoms in total. The number of rotatable bonds is 3. The number of ketones is 1. The number of carbonyl (C=O) groups excluding carboxylic acids is 2. The minimum atomic E-state index is -2.38. The first-order chi connectivity index (χ1) is 13.5. The fourth-order valence-corrected chi connectivity index (χ4v) is 3.84. The summed E-state index contributed by atoms with van der Waals surface area (Å²) in [7, 11) is 0. The van der Waals surface area contributed by atoms with Crippen LogP contribution in [-0.2, 0) is 17.8 Å². The minimum Gasteiger partial charge on any atom is -0.343 e. The van der Waals surface area contributed by atoms with Crippen LogP contribution in [0.3, 0.4) is 0 Å². The van der Waals surface area contributed by atoms with E-state index in [1.54, 1.807) is 6.07 Å². The normalized spacial score (nSPS) is 23.6. The predicted molar refractivity (Wildman–Crippen MR) is 103 cm³/mol. The van der Waals surface area contributed by atoms with Crippen molar-refractivity contribution in [2.24, 2.45) is 0 Å². The zero-order valence-electron chi connectivity index (χ0n) is 15.1. The highest BCUT2D eigenvalue weighted by Gasteiger charge is 2.39. The van der Waals surface area contributed by atoms with Gasteiger partial charge in [-0.25, -0.2) is 4.39 Å². The maximum atomic E-state index is 14.7. The number of fused-ring (bicyclic) bond motifs is 3. The molecule has 0 bridgehead atoms. The molecule has 0 spiro atoms. The molecule has 7 heteroatoms. The van der Waals surface area contributed by atoms with Gasteiger partial charge in [0.2, 0.25) is 5.67 Å². The minimum absolute atomic E-state index is 0.355. The first kappa shape index (κ1) is 18.1. The van der Waals surface area contributed by atoms with Crippen LogP contribution in [0.25, 0.3) is 10.9 Å². The largest absolute Gasteiger partial charge is 0.343 e. The van der Waals surface area contributed by atoms with Gasteiger partial charge in [0.15, 0.2) is 0 Å². The lowest BCUT2D eigenvalue weighted by Crippen LogP contribution is -2.50. The Kier molecular flexibility index (Phi) is 4.57. The van der Waals surface area contributed by atoms with Crippen LogP contribution < -0.4 is 10.6 Å².